The van der Waals surface area contributed by atoms with E-state index in [1.54, 1.807) is 20.8 Å². The lowest BCUT2D eigenvalue weighted by Crippen LogP contribution is -2.24. The van der Waals surface area contributed by atoms with Crippen LogP contribution in [0.1, 0.15) is 43.1 Å². The first-order chi connectivity index (χ1) is 8.13. The van der Waals surface area contributed by atoms with Crippen LogP contribution in [0.2, 0.25) is 0 Å². The molecule has 0 saturated carbocycles. The molecule has 18 heavy (non-hydrogen) atoms. The second kappa shape index (κ2) is 5.30. The zero-order chi connectivity index (χ0) is 14.1. The number of esters is 1. The summed E-state index contributed by atoms with van der Waals surface area (Å²) >= 11 is 2.82. The van der Waals surface area contributed by atoms with E-state index in [0.717, 1.165) is 12.1 Å². The molecule has 0 spiro atoms. The predicted octanol–water partition coefficient (Wildman–Crippen LogP) is 4.48. The molecule has 2 nitrogen and oxygen atoms in total. The van der Waals surface area contributed by atoms with Crippen LogP contribution in [0.5, 0.6) is 0 Å². The fourth-order valence-corrected chi connectivity index (χ4v) is 1.92. The lowest BCUT2D eigenvalue weighted by Gasteiger charge is -2.20. The van der Waals surface area contributed by atoms with Crippen molar-refractivity contribution in [1.82, 2.24) is 0 Å². The molecular formula is C12H12BrF3O2. The second-order valence-electron chi connectivity index (χ2n) is 4.63. The highest BCUT2D eigenvalue weighted by Gasteiger charge is 2.25. The molecule has 6 heteroatoms. The minimum Gasteiger partial charge on any atom is -0.456 e. The van der Waals surface area contributed by atoms with Gasteiger partial charge >= 0.3 is 5.97 Å². The topological polar surface area (TPSA) is 26.3 Å². The van der Waals surface area contributed by atoms with Crippen LogP contribution in [-0.4, -0.2) is 11.6 Å². The normalized spacial score (nSPS) is 11.8. The number of halogens is 4. The van der Waals surface area contributed by atoms with E-state index in [2.05, 4.69) is 15.9 Å². The number of alkyl halides is 2. The molecule has 100 valence electrons. The number of hydrogen-bond acceptors (Lipinski definition) is 2. The molecule has 0 aliphatic rings. The van der Waals surface area contributed by atoms with Gasteiger partial charge in [-0.2, -0.15) is 0 Å². The third kappa shape index (κ3) is 3.48. The molecule has 0 unspecified atom stereocenters. The summed E-state index contributed by atoms with van der Waals surface area (Å²) in [4.78, 5) is 11.7. The Kier molecular flexibility index (Phi) is 4.42. The molecule has 0 amide bonds. The fraction of sp³-hybridized carbons (Fsp3) is 0.417. The molecule has 0 aliphatic carbocycles. The maximum absolute atomic E-state index is 13.2. The maximum atomic E-state index is 13.2. The number of rotatable bonds is 2. The number of ether oxygens (including phenoxy) is 1. The maximum Gasteiger partial charge on any atom is 0.339 e. The molecule has 0 aliphatic heterocycles. The molecule has 0 radical (unpaired) electrons. The van der Waals surface area contributed by atoms with Gasteiger partial charge in [-0.15, -0.1) is 0 Å². The van der Waals surface area contributed by atoms with Crippen molar-refractivity contribution < 1.29 is 22.7 Å². The van der Waals surface area contributed by atoms with Gasteiger partial charge in [0.15, 0.2) is 0 Å². The Hall–Kier alpha value is -1.04. The van der Waals surface area contributed by atoms with Gasteiger partial charge in [0.1, 0.15) is 11.4 Å². The Morgan fingerprint density at radius 1 is 1.33 bits per heavy atom. The van der Waals surface area contributed by atoms with Crippen LogP contribution in [0.4, 0.5) is 13.2 Å². The van der Waals surface area contributed by atoms with Gasteiger partial charge in [-0.05, 0) is 48.8 Å². The highest BCUT2D eigenvalue weighted by molar-refractivity contribution is 9.10. The third-order valence-corrected chi connectivity index (χ3v) is 2.82. The van der Waals surface area contributed by atoms with E-state index in [0.29, 0.717) is 0 Å². The molecule has 0 N–H and O–H groups in total. The van der Waals surface area contributed by atoms with Gasteiger partial charge < -0.3 is 4.74 Å². The first-order valence-electron chi connectivity index (χ1n) is 5.13. The Bertz CT molecular complexity index is 467. The van der Waals surface area contributed by atoms with E-state index in [1.807, 2.05) is 0 Å². The lowest BCUT2D eigenvalue weighted by molar-refractivity contribution is 0.00680. The average Bonchev–Trinajstić information content (AvgIpc) is 2.13. The predicted molar refractivity (Wildman–Crippen MR) is 64.2 cm³/mol. The van der Waals surface area contributed by atoms with Crippen molar-refractivity contribution in [1.29, 1.82) is 0 Å². The molecule has 1 aromatic carbocycles. The number of benzene rings is 1. The molecule has 0 heterocycles. The summed E-state index contributed by atoms with van der Waals surface area (Å²) in [6.07, 6.45) is -3.01. The van der Waals surface area contributed by atoms with Crippen molar-refractivity contribution in [2.24, 2.45) is 0 Å². The summed E-state index contributed by atoms with van der Waals surface area (Å²) in [6.45, 7) is 4.95. The summed E-state index contributed by atoms with van der Waals surface area (Å²) in [6, 6.07) is 1.94. The minimum atomic E-state index is -3.01. The molecule has 0 bridgehead atoms. The molecule has 0 saturated heterocycles. The Morgan fingerprint density at radius 2 is 1.89 bits per heavy atom. The van der Waals surface area contributed by atoms with E-state index in [9.17, 15) is 18.0 Å². The molecule has 1 aromatic rings. The minimum absolute atomic E-state index is 0.123. The van der Waals surface area contributed by atoms with Crippen LogP contribution < -0.4 is 0 Å². The van der Waals surface area contributed by atoms with Gasteiger partial charge in [0.2, 0.25) is 0 Å². The average molecular weight is 325 g/mol. The largest absolute Gasteiger partial charge is 0.456 e. The molecule has 0 aromatic heterocycles. The Balaban J connectivity index is 3.19. The highest BCUT2D eigenvalue weighted by atomic mass is 79.9. The van der Waals surface area contributed by atoms with Gasteiger partial charge in [-0.25, -0.2) is 18.0 Å². The van der Waals surface area contributed by atoms with Crippen LogP contribution in [0.15, 0.2) is 16.6 Å². The standard InChI is InChI=1S/C12H12BrF3O2/c1-12(2,3)18-11(17)6-4-5-7(14)8(9(6)13)10(15)16/h4-5,10H,1-3H3. The van der Waals surface area contributed by atoms with Gasteiger partial charge in [0.25, 0.3) is 6.43 Å². The van der Waals surface area contributed by atoms with Crippen LogP contribution >= 0.6 is 15.9 Å². The monoisotopic (exact) mass is 324 g/mol. The number of carbonyl (C=O) groups is 1. The number of hydrogen-bond donors (Lipinski definition) is 0. The van der Waals surface area contributed by atoms with E-state index in [1.165, 1.54) is 0 Å². The molecular weight excluding hydrogens is 313 g/mol. The zero-order valence-corrected chi connectivity index (χ0v) is 11.6. The molecule has 0 atom stereocenters. The van der Waals surface area contributed by atoms with Gasteiger partial charge in [-0.3, -0.25) is 0 Å². The van der Waals surface area contributed by atoms with Crippen molar-refractivity contribution in [3.05, 3.63) is 33.5 Å². The molecule has 1 rings (SSSR count). The van der Waals surface area contributed by atoms with Crippen molar-refractivity contribution in [3.63, 3.8) is 0 Å². The van der Waals surface area contributed by atoms with E-state index >= 15 is 0 Å². The highest BCUT2D eigenvalue weighted by Crippen LogP contribution is 2.33. The van der Waals surface area contributed by atoms with Crippen molar-refractivity contribution in [3.8, 4) is 0 Å². The molecule has 0 fully saturated rings. The summed E-state index contributed by atoms with van der Waals surface area (Å²) in [5, 5.41) is 0. The van der Waals surface area contributed by atoms with Crippen molar-refractivity contribution in [2.45, 2.75) is 32.8 Å². The summed E-state index contributed by atoms with van der Waals surface area (Å²) in [5.41, 5.74) is -1.71. The summed E-state index contributed by atoms with van der Waals surface area (Å²) in [7, 11) is 0. The lowest BCUT2D eigenvalue weighted by atomic mass is 10.1. The van der Waals surface area contributed by atoms with E-state index in [4.69, 9.17) is 4.74 Å². The smallest absolute Gasteiger partial charge is 0.339 e. The summed E-state index contributed by atoms with van der Waals surface area (Å²) < 4.78 is 43.3. The van der Waals surface area contributed by atoms with E-state index < -0.39 is 29.4 Å². The van der Waals surface area contributed by atoms with Gasteiger partial charge in [0, 0.05) is 4.47 Å². The van der Waals surface area contributed by atoms with Crippen LogP contribution in [0.25, 0.3) is 0 Å². The van der Waals surface area contributed by atoms with Crippen LogP contribution in [0.3, 0.4) is 0 Å². The van der Waals surface area contributed by atoms with Gasteiger partial charge in [0.05, 0.1) is 11.1 Å². The third-order valence-electron chi connectivity index (χ3n) is 1.96. The summed E-state index contributed by atoms with van der Waals surface area (Å²) in [5.74, 6) is -1.85. The van der Waals surface area contributed by atoms with Crippen LogP contribution in [-0.2, 0) is 4.74 Å². The van der Waals surface area contributed by atoms with Gasteiger partial charge in [-0.1, -0.05) is 0 Å². The zero-order valence-electron chi connectivity index (χ0n) is 10.1. The van der Waals surface area contributed by atoms with Crippen LogP contribution in [0, 0.1) is 5.82 Å². The fourth-order valence-electron chi connectivity index (χ4n) is 1.26. The second-order valence-corrected chi connectivity index (χ2v) is 5.42. The number of carbonyl (C=O) groups excluding carboxylic acids is 1. The van der Waals surface area contributed by atoms with Crippen molar-refractivity contribution >= 4 is 21.9 Å². The first-order valence-corrected chi connectivity index (χ1v) is 5.92. The Labute approximate surface area is 111 Å². The quantitative estimate of drug-likeness (QED) is 0.750. The first kappa shape index (κ1) is 15.0. The SMILES string of the molecule is CC(C)(C)OC(=O)c1ccc(F)c(C(F)F)c1Br. The van der Waals surface area contributed by atoms with E-state index in [-0.39, 0.29) is 10.0 Å². The Morgan fingerprint density at radius 3 is 2.33 bits per heavy atom. The van der Waals surface area contributed by atoms with Crippen molar-refractivity contribution in [2.75, 3.05) is 0 Å².